The number of pyridine rings is 1. The van der Waals surface area contributed by atoms with Crippen LogP contribution >= 0.6 is 0 Å². The third-order valence-electron chi connectivity index (χ3n) is 6.34. The van der Waals surface area contributed by atoms with Crippen LogP contribution in [0.3, 0.4) is 0 Å². The van der Waals surface area contributed by atoms with Crippen LogP contribution in [0.5, 0.6) is 5.75 Å². The minimum absolute atomic E-state index is 0.123. The molecule has 182 valence electrons. The fourth-order valence-electron chi connectivity index (χ4n) is 4.59. The lowest BCUT2D eigenvalue weighted by atomic mass is 9.92. The maximum absolute atomic E-state index is 12.3. The number of carboxylic acid groups (broad SMARTS) is 1. The first-order valence-electron chi connectivity index (χ1n) is 11.4. The molecule has 0 atom stereocenters. The molecule has 0 unspecified atom stereocenters. The molecule has 1 N–H and O–H groups in total. The van der Waals surface area contributed by atoms with Gasteiger partial charge in [0.1, 0.15) is 17.3 Å². The Morgan fingerprint density at radius 3 is 2.75 bits per heavy atom. The van der Waals surface area contributed by atoms with Crippen molar-refractivity contribution in [3.63, 3.8) is 0 Å². The predicted octanol–water partition coefficient (Wildman–Crippen LogP) is 5.49. The van der Waals surface area contributed by atoms with Gasteiger partial charge in [0.05, 0.1) is 40.4 Å². The van der Waals surface area contributed by atoms with Gasteiger partial charge in [-0.2, -0.15) is 0 Å². The number of para-hydroxylation sites is 1. The Kier molecular flexibility index (Phi) is 5.99. The van der Waals surface area contributed by atoms with Crippen molar-refractivity contribution in [1.29, 1.82) is 0 Å². The van der Waals surface area contributed by atoms with Crippen LogP contribution in [0.15, 0.2) is 59.0 Å². The standard InChI is InChI=1S/C27H23N3O6/c1-3-29-14-16(26-21(15-29)25(27(31)32)19-6-4-5-7-22(19)28-26)12-18-9-11-24(36-18)20-10-8-17(35-2)13-23(20)30(33)34/h4-13H,3,14-15H2,1-2H3,(H,31,32)/b16-12-. The van der Waals surface area contributed by atoms with E-state index in [2.05, 4.69) is 4.90 Å². The Morgan fingerprint density at radius 1 is 1.22 bits per heavy atom. The molecule has 0 spiro atoms. The molecule has 5 rings (SSSR count). The molecule has 0 radical (unpaired) electrons. The average Bonchev–Trinajstić information content (AvgIpc) is 3.34. The van der Waals surface area contributed by atoms with E-state index < -0.39 is 10.9 Å². The Hall–Kier alpha value is -4.50. The summed E-state index contributed by atoms with van der Waals surface area (Å²) in [6, 6.07) is 15.2. The number of nitro benzene ring substituents is 1. The van der Waals surface area contributed by atoms with Gasteiger partial charge in [-0.25, -0.2) is 9.78 Å². The third kappa shape index (κ3) is 4.09. The van der Waals surface area contributed by atoms with Crippen molar-refractivity contribution in [2.45, 2.75) is 13.5 Å². The van der Waals surface area contributed by atoms with Crippen molar-refractivity contribution < 1.29 is 24.0 Å². The van der Waals surface area contributed by atoms with Gasteiger partial charge in [0.15, 0.2) is 0 Å². The SMILES string of the molecule is CCN1C/C(=C/c2ccc(-c3ccc(OC)cc3[N+](=O)[O-])o2)c2nc3ccccc3c(C(=O)O)c2C1. The van der Waals surface area contributed by atoms with Gasteiger partial charge in [-0.05, 0) is 48.5 Å². The third-order valence-corrected chi connectivity index (χ3v) is 6.34. The van der Waals surface area contributed by atoms with Crippen LogP contribution in [0.2, 0.25) is 0 Å². The van der Waals surface area contributed by atoms with Crippen molar-refractivity contribution in [2.24, 2.45) is 0 Å². The molecule has 0 aliphatic carbocycles. The highest BCUT2D eigenvalue weighted by atomic mass is 16.6. The van der Waals surface area contributed by atoms with Gasteiger partial charge in [-0.3, -0.25) is 15.0 Å². The van der Waals surface area contributed by atoms with E-state index in [1.165, 1.54) is 13.2 Å². The number of hydrogen-bond donors (Lipinski definition) is 1. The number of furan rings is 1. The molecule has 1 aliphatic heterocycles. The first-order chi connectivity index (χ1) is 17.4. The number of hydrogen-bond acceptors (Lipinski definition) is 7. The van der Waals surface area contributed by atoms with Gasteiger partial charge >= 0.3 is 5.97 Å². The fraction of sp³-hybridized carbons (Fsp3) is 0.185. The molecular formula is C27H23N3O6. The topological polar surface area (TPSA) is 119 Å². The molecule has 0 fully saturated rings. The number of benzene rings is 2. The summed E-state index contributed by atoms with van der Waals surface area (Å²) in [5.41, 5.74) is 3.19. The lowest BCUT2D eigenvalue weighted by Gasteiger charge is -2.30. The van der Waals surface area contributed by atoms with E-state index in [9.17, 15) is 20.0 Å². The van der Waals surface area contributed by atoms with Crippen molar-refractivity contribution in [3.8, 4) is 17.1 Å². The lowest BCUT2D eigenvalue weighted by molar-refractivity contribution is -0.384. The smallest absolute Gasteiger partial charge is 0.336 e. The summed E-state index contributed by atoms with van der Waals surface area (Å²) in [4.78, 5) is 30.4. The number of aromatic nitrogens is 1. The zero-order valence-corrected chi connectivity index (χ0v) is 19.7. The number of carboxylic acids is 1. The largest absolute Gasteiger partial charge is 0.497 e. The monoisotopic (exact) mass is 485 g/mol. The number of likely N-dealkylation sites (N-methyl/N-ethyl adjacent to an activating group) is 1. The molecule has 2 aromatic carbocycles. The van der Waals surface area contributed by atoms with Crippen LogP contribution in [0.1, 0.15) is 34.3 Å². The number of carbonyl (C=O) groups is 1. The van der Waals surface area contributed by atoms with E-state index in [4.69, 9.17) is 14.1 Å². The van der Waals surface area contributed by atoms with Gasteiger partial charge in [-0.15, -0.1) is 0 Å². The summed E-state index contributed by atoms with van der Waals surface area (Å²) in [7, 11) is 1.45. The number of fused-ring (bicyclic) bond motifs is 2. The first-order valence-corrected chi connectivity index (χ1v) is 11.4. The van der Waals surface area contributed by atoms with Crippen LogP contribution in [0.4, 0.5) is 5.69 Å². The number of nitrogens with zero attached hydrogens (tertiary/aromatic N) is 3. The molecule has 9 heteroatoms. The molecule has 9 nitrogen and oxygen atoms in total. The second kappa shape index (κ2) is 9.27. The molecule has 0 saturated heterocycles. The molecule has 36 heavy (non-hydrogen) atoms. The number of aromatic carboxylic acids is 1. The van der Waals surface area contributed by atoms with Crippen LogP contribution in [-0.4, -0.2) is 46.1 Å². The summed E-state index contributed by atoms with van der Waals surface area (Å²) in [6.07, 6.45) is 1.83. The van der Waals surface area contributed by atoms with Crippen LogP contribution in [0.25, 0.3) is 33.9 Å². The number of ether oxygens (including phenoxy) is 1. The van der Waals surface area contributed by atoms with Gasteiger partial charge < -0.3 is 14.3 Å². The van der Waals surface area contributed by atoms with Crippen molar-refractivity contribution in [2.75, 3.05) is 20.2 Å². The second-order valence-corrected chi connectivity index (χ2v) is 8.45. The quantitative estimate of drug-likeness (QED) is 0.281. The van der Waals surface area contributed by atoms with Crippen LogP contribution in [0, 0.1) is 10.1 Å². The molecule has 0 amide bonds. The number of rotatable bonds is 6. The molecule has 4 aromatic rings. The Labute approximate surface area is 206 Å². The maximum atomic E-state index is 12.3. The van der Waals surface area contributed by atoms with Gasteiger partial charge in [0.25, 0.3) is 5.69 Å². The van der Waals surface area contributed by atoms with Crippen LogP contribution < -0.4 is 4.74 Å². The molecule has 1 aliphatic rings. The van der Waals surface area contributed by atoms with Gasteiger partial charge in [-0.1, -0.05) is 25.1 Å². The fourth-order valence-corrected chi connectivity index (χ4v) is 4.59. The first kappa shape index (κ1) is 23.3. The maximum Gasteiger partial charge on any atom is 0.336 e. The van der Waals surface area contributed by atoms with E-state index >= 15 is 0 Å². The van der Waals surface area contributed by atoms with E-state index in [0.29, 0.717) is 58.1 Å². The highest BCUT2D eigenvalue weighted by molar-refractivity contribution is 6.06. The summed E-state index contributed by atoms with van der Waals surface area (Å²) in [6.45, 7) is 3.78. The highest BCUT2D eigenvalue weighted by Crippen LogP contribution is 2.37. The number of methoxy groups -OCH3 is 1. The van der Waals surface area contributed by atoms with E-state index in [1.54, 1.807) is 36.4 Å². The average molecular weight is 485 g/mol. The van der Waals surface area contributed by atoms with E-state index in [-0.39, 0.29) is 11.3 Å². The van der Waals surface area contributed by atoms with Gasteiger partial charge in [0, 0.05) is 24.0 Å². The Morgan fingerprint density at radius 2 is 2.03 bits per heavy atom. The van der Waals surface area contributed by atoms with Crippen LogP contribution in [-0.2, 0) is 6.54 Å². The normalized spacial score (nSPS) is 14.7. The molecule has 0 saturated carbocycles. The lowest BCUT2D eigenvalue weighted by Crippen LogP contribution is -2.31. The molecule has 0 bridgehead atoms. The highest BCUT2D eigenvalue weighted by Gasteiger charge is 2.28. The zero-order chi connectivity index (χ0) is 25.4. The van der Waals surface area contributed by atoms with Crippen molar-refractivity contribution >= 4 is 34.2 Å². The second-order valence-electron chi connectivity index (χ2n) is 8.45. The minimum Gasteiger partial charge on any atom is -0.497 e. The van der Waals surface area contributed by atoms with Crippen molar-refractivity contribution in [3.05, 3.63) is 87.3 Å². The predicted molar refractivity (Wildman–Crippen MR) is 135 cm³/mol. The number of nitro groups is 1. The molecule has 2 aromatic heterocycles. The molecular weight excluding hydrogens is 462 g/mol. The zero-order valence-electron chi connectivity index (χ0n) is 19.7. The van der Waals surface area contributed by atoms with E-state index in [1.807, 2.05) is 25.1 Å². The minimum atomic E-state index is -0.991. The summed E-state index contributed by atoms with van der Waals surface area (Å²) < 4.78 is 11.1. The summed E-state index contributed by atoms with van der Waals surface area (Å²) in [5, 5.41) is 22.3. The van der Waals surface area contributed by atoms with Crippen molar-refractivity contribution in [1.82, 2.24) is 9.88 Å². The summed E-state index contributed by atoms with van der Waals surface area (Å²) >= 11 is 0. The van der Waals surface area contributed by atoms with Gasteiger partial charge in [0.2, 0.25) is 0 Å². The Balaban J connectivity index is 1.63. The van der Waals surface area contributed by atoms with E-state index in [0.717, 1.165) is 12.1 Å². The Bertz CT molecular complexity index is 1540. The summed E-state index contributed by atoms with van der Waals surface area (Å²) in [5.74, 6) is 0.220. The molecule has 3 heterocycles.